The molecule has 9 aromatic carbocycles. The lowest BCUT2D eigenvalue weighted by Gasteiger charge is -2.11. The molecule has 0 aliphatic heterocycles. The fourth-order valence-corrected chi connectivity index (χ4v) is 9.48. The number of hydrogen-bond acceptors (Lipinski definition) is 4. The van der Waals surface area contributed by atoms with Crippen LogP contribution in [0.15, 0.2) is 217 Å². The van der Waals surface area contributed by atoms with E-state index in [2.05, 4.69) is 191 Å². The Bertz CT molecular complexity index is 3850. The topological polar surface area (TPSA) is 61.7 Å². The SMILES string of the molecule is c1ccc(-c2nc(-c3ccc4c(c3)oc3c(-c5ccccc5)cc(-n5c6ccccc6c6ccccc65)cc34)nc(-c3ccc4c(c3)c3ccccc3n4-c3ccccc3)n2)cc1. The fraction of sp³-hybridized carbons (Fsp3) is 0. The molecule has 0 fully saturated rings. The second-order valence-corrected chi connectivity index (χ2v) is 16.0. The quantitative estimate of drug-likeness (QED) is 0.168. The third kappa shape index (κ3) is 5.62. The van der Waals surface area contributed by atoms with Crippen LogP contribution in [0.3, 0.4) is 0 Å². The van der Waals surface area contributed by atoms with Crippen molar-refractivity contribution in [3.05, 3.63) is 212 Å². The van der Waals surface area contributed by atoms with Gasteiger partial charge in [-0.3, -0.25) is 0 Å². The zero-order chi connectivity index (χ0) is 41.4. The molecule has 0 aliphatic carbocycles. The highest BCUT2D eigenvalue weighted by Crippen LogP contribution is 2.42. The standard InChI is InChI=1S/C57H35N5O/c1-4-16-36(17-5-1)46-34-41(62-49-25-13-10-22-42(49)43-23-11-14-26-50(43)62)35-48-45-30-28-39(33-53(45)63-54(46)48)57-59-55(37-18-6-2-7-19-37)58-56(60-57)38-29-31-52-47(32-38)44-24-12-15-27-51(44)61(52)40-20-8-3-9-21-40/h1-35H. The van der Waals surface area contributed by atoms with Crippen LogP contribution in [0.1, 0.15) is 0 Å². The minimum Gasteiger partial charge on any atom is -0.455 e. The van der Waals surface area contributed by atoms with Crippen LogP contribution in [0.5, 0.6) is 0 Å². The predicted octanol–water partition coefficient (Wildman–Crippen LogP) is 14.6. The molecule has 0 atom stereocenters. The molecule has 0 radical (unpaired) electrons. The number of aromatic nitrogens is 5. The summed E-state index contributed by atoms with van der Waals surface area (Å²) >= 11 is 0. The normalized spacial score (nSPS) is 11.8. The van der Waals surface area contributed by atoms with Crippen LogP contribution in [-0.2, 0) is 0 Å². The van der Waals surface area contributed by atoms with Gasteiger partial charge in [0.05, 0.1) is 22.1 Å². The molecule has 4 aromatic heterocycles. The highest BCUT2D eigenvalue weighted by Gasteiger charge is 2.21. The van der Waals surface area contributed by atoms with Gasteiger partial charge in [-0.1, -0.05) is 140 Å². The second kappa shape index (κ2) is 14.0. The second-order valence-electron chi connectivity index (χ2n) is 16.0. The van der Waals surface area contributed by atoms with Gasteiger partial charge in [0.25, 0.3) is 0 Å². The first-order valence-corrected chi connectivity index (χ1v) is 21.2. The first-order chi connectivity index (χ1) is 31.2. The number of rotatable bonds is 6. The molecule has 0 aliphatic rings. The zero-order valence-electron chi connectivity index (χ0n) is 33.9. The van der Waals surface area contributed by atoms with Gasteiger partial charge >= 0.3 is 0 Å². The van der Waals surface area contributed by atoms with E-state index in [-0.39, 0.29) is 0 Å². The predicted molar refractivity (Wildman–Crippen MR) is 258 cm³/mol. The summed E-state index contributed by atoms with van der Waals surface area (Å²) in [6.07, 6.45) is 0. The number of para-hydroxylation sites is 4. The van der Waals surface area contributed by atoms with E-state index in [1.807, 2.05) is 30.3 Å². The number of furan rings is 1. The Balaban J connectivity index is 1.00. The monoisotopic (exact) mass is 805 g/mol. The minimum atomic E-state index is 0.572. The summed E-state index contributed by atoms with van der Waals surface area (Å²) in [6.45, 7) is 0. The maximum Gasteiger partial charge on any atom is 0.164 e. The number of hydrogen-bond donors (Lipinski definition) is 0. The molecule has 4 heterocycles. The molecule has 0 N–H and O–H groups in total. The van der Waals surface area contributed by atoms with Gasteiger partial charge in [0.15, 0.2) is 17.5 Å². The van der Waals surface area contributed by atoms with Gasteiger partial charge in [-0.2, -0.15) is 0 Å². The van der Waals surface area contributed by atoms with Crippen LogP contribution in [0.4, 0.5) is 0 Å². The Kier molecular flexibility index (Phi) is 7.80. The third-order valence-electron chi connectivity index (χ3n) is 12.4. The van der Waals surface area contributed by atoms with Crippen LogP contribution in [0.25, 0.3) is 122 Å². The molecule has 0 saturated carbocycles. The summed E-state index contributed by atoms with van der Waals surface area (Å²) in [5.41, 5.74) is 13.2. The van der Waals surface area contributed by atoms with Gasteiger partial charge in [0.2, 0.25) is 0 Å². The molecule has 0 unspecified atom stereocenters. The van der Waals surface area contributed by atoms with Gasteiger partial charge in [-0.25, -0.2) is 15.0 Å². The van der Waals surface area contributed by atoms with E-state index in [1.54, 1.807) is 0 Å². The molecular weight excluding hydrogens is 771 g/mol. The number of nitrogens with zero attached hydrogens (tertiary/aromatic N) is 5. The molecule has 0 amide bonds. The minimum absolute atomic E-state index is 0.572. The lowest BCUT2D eigenvalue weighted by atomic mass is 10.0. The zero-order valence-corrected chi connectivity index (χ0v) is 33.9. The van der Waals surface area contributed by atoms with Gasteiger partial charge in [0, 0.05) is 65.9 Å². The van der Waals surface area contributed by atoms with Crippen molar-refractivity contribution in [2.24, 2.45) is 0 Å². The van der Waals surface area contributed by atoms with Crippen molar-refractivity contribution >= 4 is 65.6 Å². The molecule has 63 heavy (non-hydrogen) atoms. The van der Waals surface area contributed by atoms with Crippen molar-refractivity contribution < 1.29 is 4.42 Å². The highest BCUT2D eigenvalue weighted by molar-refractivity contribution is 6.14. The third-order valence-corrected chi connectivity index (χ3v) is 12.4. The molecule has 0 saturated heterocycles. The van der Waals surface area contributed by atoms with Crippen molar-refractivity contribution in [3.8, 4) is 56.7 Å². The van der Waals surface area contributed by atoms with Crippen molar-refractivity contribution in [1.82, 2.24) is 24.1 Å². The van der Waals surface area contributed by atoms with Crippen LogP contribution in [-0.4, -0.2) is 24.1 Å². The molecule has 294 valence electrons. The molecule has 6 heteroatoms. The first-order valence-electron chi connectivity index (χ1n) is 21.2. The number of benzene rings is 9. The lowest BCUT2D eigenvalue weighted by molar-refractivity contribution is 0.670. The Morgan fingerprint density at radius 2 is 0.778 bits per heavy atom. The molecule has 0 spiro atoms. The van der Waals surface area contributed by atoms with Gasteiger partial charge < -0.3 is 13.6 Å². The molecule has 0 bridgehead atoms. The summed E-state index contributed by atoms with van der Waals surface area (Å²) in [7, 11) is 0. The van der Waals surface area contributed by atoms with E-state index in [4.69, 9.17) is 19.4 Å². The van der Waals surface area contributed by atoms with Crippen molar-refractivity contribution in [3.63, 3.8) is 0 Å². The molecule has 6 nitrogen and oxygen atoms in total. The fourth-order valence-electron chi connectivity index (χ4n) is 9.48. The molecule has 13 rings (SSSR count). The molecular formula is C57H35N5O. The summed E-state index contributed by atoms with van der Waals surface area (Å²) in [6, 6.07) is 74.4. The largest absolute Gasteiger partial charge is 0.455 e. The Hall–Kier alpha value is -8.61. The van der Waals surface area contributed by atoms with E-state index in [0.717, 1.165) is 88.6 Å². The maximum absolute atomic E-state index is 6.92. The smallest absolute Gasteiger partial charge is 0.164 e. The Morgan fingerprint density at radius 1 is 0.302 bits per heavy atom. The van der Waals surface area contributed by atoms with Crippen LogP contribution < -0.4 is 0 Å². The summed E-state index contributed by atoms with van der Waals surface area (Å²) in [4.78, 5) is 15.4. The van der Waals surface area contributed by atoms with E-state index < -0.39 is 0 Å². The summed E-state index contributed by atoms with van der Waals surface area (Å²) < 4.78 is 11.6. The van der Waals surface area contributed by atoms with E-state index in [0.29, 0.717) is 17.5 Å². The van der Waals surface area contributed by atoms with Crippen molar-refractivity contribution in [1.29, 1.82) is 0 Å². The highest BCUT2D eigenvalue weighted by atomic mass is 16.3. The Morgan fingerprint density at radius 3 is 1.41 bits per heavy atom. The maximum atomic E-state index is 6.92. The van der Waals surface area contributed by atoms with Crippen molar-refractivity contribution in [2.45, 2.75) is 0 Å². The lowest BCUT2D eigenvalue weighted by Crippen LogP contribution is -2.00. The van der Waals surface area contributed by atoms with Crippen LogP contribution in [0, 0.1) is 0 Å². The number of fused-ring (bicyclic) bond motifs is 9. The summed E-state index contributed by atoms with van der Waals surface area (Å²) in [5, 5.41) is 6.81. The van der Waals surface area contributed by atoms with E-state index in [9.17, 15) is 0 Å². The van der Waals surface area contributed by atoms with Gasteiger partial charge in [0.1, 0.15) is 11.2 Å². The van der Waals surface area contributed by atoms with Gasteiger partial charge in [-0.15, -0.1) is 0 Å². The summed E-state index contributed by atoms with van der Waals surface area (Å²) in [5.74, 6) is 1.78. The van der Waals surface area contributed by atoms with E-state index in [1.165, 1.54) is 16.2 Å². The van der Waals surface area contributed by atoms with Crippen LogP contribution in [0.2, 0.25) is 0 Å². The molecule has 13 aromatic rings. The Labute approximate surface area is 361 Å². The average Bonchev–Trinajstić information content (AvgIpc) is 4.01. The van der Waals surface area contributed by atoms with Crippen molar-refractivity contribution in [2.75, 3.05) is 0 Å². The van der Waals surface area contributed by atoms with Gasteiger partial charge in [-0.05, 0) is 78.4 Å². The first kappa shape index (κ1) is 35.2. The van der Waals surface area contributed by atoms with Crippen LogP contribution >= 0.6 is 0 Å². The average molecular weight is 806 g/mol. The van der Waals surface area contributed by atoms with E-state index >= 15 is 0 Å².